The van der Waals surface area contributed by atoms with Crippen molar-refractivity contribution in [3.05, 3.63) is 76.2 Å². The fourth-order valence-corrected chi connectivity index (χ4v) is 7.82. The standard InChI is InChI=1S/C32H31F3N2O6S/c1-31(2,3)18-12-15-21-22(16-18)44-29(23(21)30(40)41-4)36-27(38)24-25(17-10-13-20(14-11-17)42-32(33,34)35)37(43-26(24)28(36)39)19-8-6-5-7-9-19/h5-11,13-14,18,24-26H,12,15-16H2,1-4H3/t18-,24-,25+,26+/m1/s1. The summed E-state index contributed by atoms with van der Waals surface area (Å²) in [5, 5.41) is 1.68. The fraction of sp³-hybridized carbons (Fsp3) is 0.406. The Morgan fingerprint density at radius 3 is 2.30 bits per heavy atom. The summed E-state index contributed by atoms with van der Waals surface area (Å²) in [6.45, 7) is 6.51. The molecule has 2 aliphatic heterocycles. The minimum atomic E-state index is -4.86. The van der Waals surface area contributed by atoms with Crippen LogP contribution in [0.15, 0.2) is 54.6 Å². The Bertz CT molecular complexity index is 1600. The van der Waals surface area contributed by atoms with Gasteiger partial charge in [0.05, 0.1) is 24.4 Å². The van der Waals surface area contributed by atoms with Gasteiger partial charge in [0.25, 0.3) is 5.91 Å². The predicted molar refractivity (Wildman–Crippen MR) is 156 cm³/mol. The average molecular weight is 629 g/mol. The summed E-state index contributed by atoms with van der Waals surface area (Å²) in [7, 11) is 1.27. The Labute approximate surface area is 256 Å². The number of carbonyl (C=O) groups is 3. The topological polar surface area (TPSA) is 85.4 Å². The molecule has 0 unspecified atom stereocenters. The molecule has 4 atom stereocenters. The van der Waals surface area contributed by atoms with E-state index in [4.69, 9.17) is 9.57 Å². The van der Waals surface area contributed by atoms with Crippen molar-refractivity contribution >= 4 is 39.8 Å². The number of ether oxygens (including phenoxy) is 2. The second-order valence-electron chi connectivity index (χ2n) is 12.3. The van der Waals surface area contributed by atoms with Gasteiger partial charge in [-0.3, -0.25) is 14.4 Å². The first kappa shape index (κ1) is 30.1. The van der Waals surface area contributed by atoms with Gasteiger partial charge in [-0.15, -0.1) is 24.5 Å². The molecule has 44 heavy (non-hydrogen) atoms. The maximum atomic E-state index is 14.3. The molecule has 1 aromatic heterocycles. The Balaban J connectivity index is 1.40. The first-order valence-electron chi connectivity index (χ1n) is 14.3. The molecule has 3 aliphatic rings. The zero-order valence-electron chi connectivity index (χ0n) is 24.5. The largest absolute Gasteiger partial charge is 0.573 e. The molecule has 0 spiro atoms. The van der Waals surface area contributed by atoms with Gasteiger partial charge in [0.1, 0.15) is 16.7 Å². The SMILES string of the molecule is COC(=O)c1c(N2C(=O)[C@H]3[C@H](ON(c4ccccc4)[C@H]3c3ccc(OC(F)(F)F)cc3)C2=O)sc2c1CC[C@@H](C(C)(C)C)C2. The van der Waals surface area contributed by atoms with Crippen molar-refractivity contribution in [1.29, 1.82) is 0 Å². The maximum absolute atomic E-state index is 14.3. The second kappa shape index (κ2) is 10.9. The lowest BCUT2D eigenvalue weighted by molar-refractivity contribution is -0.274. The molecule has 0 radical (unpaired) electrons. The first-order valence-corrected chi connectivity index (χ1v) is 15.1. The van der Waals surface area contributed by atoms with Crippen LogP contribution in [0.5, 0.6) is 5.75 Å². The summed E-state index contributed by atoms with van der Waals surface area (Å²) in [5.74, 6) is -2.89. The predicted octanol–water partition coefficient (Wildman–Crippen LogP) is 6.64. The van der Waals surface area contributed by atoms with Crippen LogP contribution in [0.25, 0.3) is 0 Å². The van der Waals surface area contributed by atoms with E-state index >= 15 is 0 Å². The van der Waals surface area contributed by atoms with E-state index in [2.05, 4.69) is 25.5 Å². The number of hydrogen-bond acceptors (Lipinski definition) is 8. The van der Waals surface area contributed by atoms with E-state index in [0.29, 0.717) is 30.0 Å². The van der Waals surface area contributed by atoms with Crippen molar-refractivity contribution in [2.45, 2.75) is 58.5 Å². The third-order valence-corrected chi connectivity index (χ3v) is 9.88. The summed E-state index contributed by atoms with van der Waals surface area (Å²) in [5.41, 5.74) is 2.08. The number of para-hydroxylation sites is 1. The van der Waals surface area contributed by atoms with E-state index in [0.717, 1.165) is 33.9 Å². The van der Waals surface area contributed by atoms with Crippen LogP contribution in [0, 0.1) is 17.3 Å². The molecular weight excluding hydrogens is 597 g/mol. The highest BCUT2D eigenvalue weighted by molar-refractivity contribution is 7.17. The number of hydroxylamine groups is 1. The Kier molecular flexibility index (Phi) is 7.48. The zero-order chi connectivity index (χ0) is 31.6. The van der Waals surface area contributed by atoms with Crippen LogP contribution in [0.3, 0.4) is 0 Å². The molecule has 2 fully saturated rings. The van der Waals surface area contributed by atoms with E-state index in [1.54, 1.807) is 30.3 Å². The van der Waals surface area contributed by atoms with E-state index in [1.165, 1.54) is 35.6 Å². The summed E-state index contributed by atoms with van der Waals surface area (Å²) in [6.07, 6.45) is -3.89. The summed E-state index contributed by atoms with van der Waals surface area (Å²) >= 11 is 1.26. The maximum Gasteiger partial charge on any atom is 0.573 e. The Morgan fingerprint density at radius 2 is 1.68 bits per heavy atom. The lowest BCUT2D eigenvalue weighted by Crippen LogP contribution is -2.37. The number of amides is 2. The van der Waals surface area contributed by atoms with Crippen LogP contribution in [-0.2, 0) is 32.0 Å². The van der Waals surface area contributed by atoms with Crippen LogP contribution >= 0.6 is 11.3 Å². The van der Waals surface area contributed by atoms with Gasteiger partial charge in [0, 0.05) is 4.88 Å². The van der Waals surface area contributed by atoms with Crippen molar-refractivity contribution in [2.24, 2.45) is 17.3 Å². The molecule has 6 rings (SSSR count). The number of anilines is 2. The van der Waals surface area contributed by atoms with E-state index in [-0.39, 0.29) is 16.0 Å². The number of halogens is 3. The van der Waals surface area contributed by atoms with Crippen molar-refractivity contribution in [2.75, 3.05) is 17.1 Å². The summed E-state index contributed by atoms with van der Waals surface area (Å²) < 4.78 is 47.6. The average Bonchev–Trinajstić information content (AvgIpc) is 3.62. The molecule has 0 bridgehead atoms. The number of nitrogens with zero attached hydrogens (tertiary/aromatic N) is 2. The third-order valence-electron chi connectivity index (χ3n) is 8.65. The molecule has 8 nitrogen and oxygen atoms in total. The summed E-state index contributed by atoms with van der Waals surface area (Å²) in [4.78, 5) is 49.6. The van der Waals surface area contributed by atoms with Gasteiger partial charge in [0.2, 0.25) is 5.91 Å². The number of alkyl halides is 3. The van der Waals surface area contributed by atoms with Gasteiger partial charge >= 0.3 is 12.3 Å². The number of hydrogen-bond donors (Lipinski definition) is 0. The van der Waals surface area contributed by atoms with Crippen molar-refractivity contribution in [3.8, 4) is 5.75 Å². The van der Waals surface area contributed by atoms with Gasteiger partial charge in [-0.1, -0.05) is 51.1 Å². The minimum absolute atomic E-state index is 0.0340. The normalized spacial score (nSPS) is 23.5. The number of carbonyl (C=O) groups excluding carboxylic acids is 3. The smallest absolute Gasteiger partial charge is 0.465 e. The molecule has 232 valence electrons. The van der Waals surface area contributed by atoms with Crippen LogP contribution in [0.2, 0.25) is 0 Å². The number of rotatable bonds is 5. The molecule has 1 aliphatic carbocycles. The quantitative estimate of drug-likeness (QED) is 0.232. The van der Waals surface area contributed by atoms with Gasteiger partial charge < -0.3 is 9.47 Å². The molecule has 0 saturated carbocycles. The van der Waals surface area contributed by atoms with Crippen LogP contribution < -0.4 is 14.7 Å². The third kappa shape index (κ3) is 5.23. The van der Waals surface area contributed by atoms with Crippen LogP contribution in [0.4, 0.5) is 23.9 Å². The minimum Gasteiger partial charge on any atom is -0.465 e. The second-order valence-corrected chi connectivity index (χ2v) is 13.4. The Hall–Kier alpha value is -3.90. The highest BCUT2D eigenvalue weighted by Crippen LogP contribution is 2.51. The molecule has 3 heterocycles. The van der Waals surface area contributed by atoms with Crippen molar-refractivity contribution < 1.29 is 41.9 Å². The summed E-state index contributed by atoms with van der Waals surface area (Å²) in [6, 6.07) is 13.1. The van der Waals surface area contributed by atoms with Crippen molar-refractivity contribution in [3.63, 3.8) is 0 Å². The molecule has 2 saturated heterocycles. The number of thiophene rings is 1. The van der Waals surface area contributed by atoms with Gasteiger partial charge in [-0.25, -0.2) is 14.8 Å². The molecule has 2 aromatic carbocycles. The first-order chi connectivity index (χ1) is 20.8. The van der Waals surface area contributed by atoms with E-state index in [9.17, 15) is 27.6 Å². The van der Waals surface area contributed by atoms with Gasteiger partial charge in [-0.2, -0.15) is 0 Å². The van der Waals surface area contributed by atoms with E-state index in [1.807, 2.05) is 0 Å². The van der Waals surface area contributed by atoms with Crippen LogP contribution in [-0.4, -0.2) is 37.4 Å². The Morgan fingerprint density at radius 1 is 1.00 bits per heavy atom. The highest BCUT2D eigenvalue weighted by Gasteiger charge is 2.61. The zero-order valence-corrected chi connectivity index (χ0v) is 25.3. The number of benzene rings is 2. The lowest BCUT2D eigenvalue weighted by atomic mass is 9.72. The molecule has 12 heteroatoms. The van der Waals surface area contributed by atoms with Gasteiger partial charge in [0.15, 0.2) is 6.10 Å². The lowest BCUT2D eigenvalue weighted by Gasteiger charge is -2.33. The molecule has 2 amide bonds. The number of esters is 1. The monoisotopic (exact) mass is 628 g/mol. The number of methoxy groups -OCH3 is 1. The fourth-order valence-electron chi connectivity index (χ4n) is 6.40. The van der Waals surface area contributed by atoms with Gasteiger partial charge in [-0.05, 0) is 66.0 Å². The molecule has 3 aromatic rings. The number of imide groups is 1. The molecular formula is C32H31F3N2O6S. The highest BCUT2D eigenvalue weighted by atomic mass is 32.1. The molecule has 0 N–H and O–H groups in total. The number of fused-ring (bicyclic) bond motifs is 2. The van der Waals surface area contributed by atoms with E-state index < -0.39 is 48.0 Å². The van der Waals surface area contributed by atoms with Crippen LogP contribution in [0.1, 0.15) is 59.6 Å². The van der Waals surface area contributed by atoms with Crippen molar-refractivity contribution in [1.82, 2.24) is 0 Å².